The molecule has 2 aliphatic rings. The van der Waals surface area contributed by atoms with Crippen molar-refractivity contribution in [2.24, 2.45) is 23.7 Å². The number of hydrogen-bond acceptors (Lipinski definition) is 3. The van der Waals surface area contributed by atoms with Gasteiger partial charge in [-0.25, -0.2) is 0 Å². The summed E-state index contributed by atoms with van der Waals surface area (Å²) in [6.07, 6.45) is 4.13. The molecule has 0 radical (unpaired) electrons. The molecule has 0 spiro atoms. The minimum atomic E-state index is 0.00102. The summed E-state index contributed by atoms with van der Waals surface area (Å²) < 4.78 is 11.9. The second-order valence-electron chi connectivity index (χ2n) is 7.17. The van der Waals surface area contributed by atoms with E-state index in [1.54, 1.807) is 0 Å². The summed E-state index contributed by atoms with van der Waals surface area (Å²) in [5, 5.41) is 0. The van der Waals surface area contributed by atoms with Crippen molar-refractivity contribution < 1.29 is 14.3 Å². The number of carbonyl (C=O) groups is 1. The van der Waals surface area contributed by atoms with Gasteiger partial charge in [-0.1, -0.05) is 72.8 Å². The fourth-order valence-corrected chi connectivity index (χ4v) is 4.12. The Bertz CT molecular complexity index is 690. The number of benzene rings is 2. The molecule has 3 nitrogen and oxygen atoms in total. The maximum absolute atomic E-state index is 12.5. The molecule has 2 aliphatic carbocycles. The highest BCUT2D eigenvalue weighted by atomic mass is 16.5. The third-order valence-electron chi connectivity index (χ3n) is 5.50. The van der Waals surface area contributed by atoms with E-state index in [2.05, 4.69) is 36.4 Å². The first-order valence-electron chi connectivity index (χ1n) is 9.28. The zero-order valence-electron chi connectivity index (χ0n) is 14.8. The number of Topliss-reactive ketones (excluding diaryl/α,β-unsaturated/α-hetero) is 1. The molecule has 2 aromatic carbocycles. The van der Waals surface area contributed by atoms with Gasteiger partial charge in [0.15, 0.2) is 0 Å². The zero-order valence-corrected chi connectivity index (χ0v) is 14.8. The molecule has 134 valence electrons. The van der Waals surface area contributed by atoms with Gasteiger partial charge >= 0.3 is 0 Å². The first kappa shape index (κ1) is 17.2. The minimum Gasteiger partial charge on any atom is -0.376 e. The summed E-state index contributed by atoms with van der Waals surface area (Å²) in [6.45, 7) is 2.38. The molecule has 0 amide bonds. The monoisotopic (exact) mass is 348 g/mol. The number of ether oxygens (including phenoxy) is 2. The molecule has 0 heterocycles. The number of allylic oxidation sites excluding steroid dienone is 2. The number of hydrogen-bond donors (Lipinski definition) is 0. The van der Waals surface area contributed by atoms with Crippen LogP contribution in [0.1, 0.15) is 11.1 Å². The van der Waals surface area contributed by atoms with E-state index in [1.807, 2.05) is 36.4 Å². The van der Waals surface area contributed by atoms with Crippen LogP contribution in [0.3, 0.4) is 0 Å². The topological polar surface area (TPSA) is 35.5 Å². The summed E-state index contributed by atoms with van der Waals surface area (Å²) in [5.41, 5.74) is 2.32. The number of fused-ring (bicyclic) bond motifs is 2. The molecule has 0 unspecified atom stereocenters. The standard InChI is InChI=1S/C23H24O3/c24-23-19-11-12-20(23)22(16-26-14-18-9-5-2-6-10-18)21(19)15-25-13-17-7-3-1-4-8-17/h1-12,19-22H,13-16H2/t19-,20+,21-,22-/m0/s1. The summed E-state index contributed by atoms with van der Waals surface area (Å²) in [4.78, 5) is 12.5. The van der Waals surface area contributed by atoms with E-state index in [9.17, 15) is 4.79 Å². The second-order valence-corrected chi connectivity index (χ2v) is 7.17. The van der Waals surface area contributed by atoms with E-state index >= 15 is 0 Å². The Morgan fingerprint density at radius 2 is 1.08 bits per heavy atom. The lowest BCUT2D eigenvalue weighted by atomic mass is 9.84. The van der Waals surface area contributed by atoms with Gasteiger partial charge in [0.2, 0.25) is 0 Å². The highest BCUT2D eigenvalue weighted by Gasteiger charge is 2.50. The lowest BCUT2D eigenvalue weighted by Gasteiger charge is -2.26. The molecule has 0 N–H and O–H groups in total. The number of rotatable bonds is 8. The Labute approximate surface area is 154 Å². The molecular formula is C23H24O3. The molecule has 1 fully saturated rings. The van der Waals surface area contributed by atoms with E-state index in [0.717, 1.165) is 11.1 Å². The van der Waals surface area contributed by atoms with Crippen LogP contribution in [0.5, 0.6) is 0 Å². The molecule has 0 aliphatic heterocycles. The summed E-state index contributed by atoms with van der Waals surface area (Å²) in [6, 6.07) is 20.3. The average Bonchev–Trinajstić information content (AvgIpc) is 3.17. The van der Waals surface area contributed by atoms with Crippen molar-refractivity contribution in [1.82, 2.24) is 0 Å². The summed E-state index contributed by atoms with van der Waals surface area (Å²) in [5.74, 6) is 0.780. The quantitative estimate of drug-likeness (QED) is 0.676. The van der Waals surface area contributed by atoms with E-state index in [-0.39, 0.29) is 23.7 Å². The first-order chi connectivity index (χ1) is 12.8. The van der Waals surface area contributed by atoms with Crippen LogP contribution in [-0.4, -0.2) is 19.0 Å². The molecule has 0 saturated heterocycles. The van der Waals surface area contributed by atoms with Gasteiger partial charge in [-0.3, -0.25) is 4.79 Å². The molecule has 4 rings (SSSR count). The van der Waals surface area contributed by atoms with E-state index in [0.29, 0.717) is 32.2 Å². The molecule has 2 bridgehead atoms. The predicted octanol–water partition coefficient (Wildman–Crippen LogP) is 4.04. The van der Waals surface area contributed by atoms with Gasteiger partial charge in [0.25, 0.3) is 0 Å². The molecule has 1 saturated carbocycles. The minimum absolute atomic E-state index is 0.00102. The largest absolute Gasteiger partial charge is 0.376 e. The number of ketones is 1. The van der Waals surface area contributed by atoms with Crippen molar-refractivity contribution in [3.8, 4) is 0 Å². The van der Waals surface area contributed by atoms with Gasteiger partial charge in [0.05, 0.1) is 26.4 Å². The van der Waals surface area contributed by atoms with Crippen molar-refractivity contribution >= 4 is 5.78 Å². The van der Waals surface area contributed by atoms with Gasteiger partial charge in [-0.2, -0.15) is 0 Å². The molecule has 4 atom stereocenters. The van der Waals surface area contributed by atoms with Crippen LogP contribution >= 0.6 is 0 Å². The first-order valence-corrected chi connectivity index (χ1v) is 9.28. The molecule has 0 aromatic heterocycles. The molecule has 26 heavy (non-hydrogen) atoms. The molecule has 3 heteroatoms. The normalized spacial score (nSPS) is 26.5. The van der Waals surface area contributed by atoms with Crippen LogP contribution in [0.2, 0.25) is 0 Å². The van der Waals surface area contributed by atoms with Crippen molar-refractivity contribution in [2.75, 3.05) is 13.2 Å². The third kappa shape index (κ3) is 3.64. The third-order valence-corrected chi connectivity index (χ3v) is 5.50. The van der Waals surface area contributed by atoms with Crippen LogP contribution < -0.4 is 0 Å². The van der Waals surface area contributed by atoms with Gasteiger partial charge in [-0.05, 0) is 11.1 Å². The number of carbonyl (C=O) groups excluding carboxylic acids is 1. The van der Waals surface area contributed by atoms with Crippen molar-refractivity contribution in [2.45, 2.75) is 13.2 Å². The van der Waals surface area contributed by atoms with Crippen molar-refractivity contribution in [1.29, 1.82) is 0 Å². The van der Waals surface area contributed by atoms with Crippen molar-refractivity contribution in [3.63, 3.8) is 0 Å². The fourth-order valence-electron chi connectivity index (χ4n) is 4.12. The average molecular weight is 348 g/mol. The van der Waals surface area contributed by atoms with Crippen molar-refractivity contribution in [3.05, 3.63) is 83.9 Å². The van der Waals surface area contributed by atoms with Gasteiger partial charge < -0.3 is 9.47 Å². The highest BCUT2D eigenvalue weighted by Crippen LogP contribution is 2.45. The van der Waals surface area contributed by atoms with Gasteiger partial charge in [0, 0.05) is 23.7 Å². The predicted molar refractivity (Wildman–Crippen MR) is 100 cm³/mol. The van der Waals surface area contributed by atoms with Crippen LogP contribution in [0.4, 0.5) is 0 Å². The summed E-state index contributed by atoms with van der Waals surface area (Å²) in [7, 11) is 0. The van der Waals surface area contributed by atoms with Crippen LogP contribution in [0.15, 0.2) is 72.8 Å². The molecular weight excluding hydrogens is 324 g/mol. The van der Waals surface area contributed by atoms with Crippen LogP contribution in [-0.2, 0) is 27.5 Å². The lowest BCUT2D eigenvalue weighted by molar-refractivity contribution is -0.121. The Balaban J connectivity index is 1.33. The zero-order chi connectivity index (χ0) is 17.8. The Kier molecular flexibility index (Phi) is 5.28. The molecule has 2 aromatic rings. The van der Waals surface area contributed by atoms with Crippen LogP contribution in [0, 0.1) is 23.7 Å². The summed E-state index contributed by atoms with van der Waals surface area (Å²) >= 11 is 0. The maximum Gasteiger partial charge on any atom is 0.147 e. The highest BCUT2D eigenvalue weighted by molar-refractivity contribution is 5.92. The Morgan fingerprint density at radius 3 is 1.50 bits per heavy atom. The van der Waals surface area contributed by atoms with E-state index in [4.69, 9.17) is 9.47 Å². The SMILES string of the molecule is O=C1[C@H]2C=C[C@@H]1[C@H](COCc1ccccc1)[C@H]2COCc1ccccc1. The van der Waals surface area contributed by atoms with E-state index < -0.39 is 0 Å². The Morgan fingerprint density at radius 1 is 0.654 bits per heavy atom. The van der Waals surface area contributed by atoms with Crippen LogP contribution in [0.25, 0.3) is 0 Å². The smallest absolute Gasteiger partial charge is 0.147 e. The maximum atomic E-state index is 12.5. The Hall–Kier alpha value is -2.23. The lowest BCUT2D eigenvalue weighted by Crippen LogP contribution is -2.28. The second kappa shape index (κ2) is 7.98. The fraction of sp³-hybridized carbons (Fsp3) is 0.348. The van der Waals surface area contributed by atoms with E-state index in [1.165, 1.54) is 0 Å². The van der Waals surface area contributed by atoms with Gasteiger partial charge in [-0.15, -0.1) is 0 Å². The van der Waals surface area contributed by atoms with Gasteiger partial charge in [0.1, 0.15) is 5.78 Å².